The second kappa shape index (κ2) is 8.47. The number of hydrogen-bond donors (Lipinski definition) is 1. The monoisotopic (exact) mass is 366 g/mol. The maximum absolute atomic E-state index is 13.2. The maximum atomic E-state index is 13.2. The summed E-state index contributed by atoms with van der Waals surface area (Å²) in [7, 11) is 0. The molecule has 1 heterocycles. The standard InChI is InChI=1S/C23H30N2O2/c1-4-6-9-16-27-19-12-10-11-18(17-19)23(3)24-21-14-8-7-13-20(21)22(26)25(23)15-5-2/h7-8,10-14,17,24H,4-6,9,15-16H2,1-3H3. The number of rotatable bonds is 8. The molecule has 1 aliphatic rings. The number of carbonyl (C=O) groups excluding carboxylic acids is 1. The first-order valence-electron chi connectivity index (χ1n) is 10.0. The maximum Gasteiger partial charge on any atom is 0.258 e. The zero-order valence-corrected chi connectivity index (χ0v) is 16.6. The first kappa shape index (κ1) is 19.3. The van der Waals surface area contributed by atoms with Gasteiger partial charge in [0, 0.05) is 17.8 Å². The topological polar surface area (TPSA) is 41.6 Å². The van der Waals surface area contributed by atoms with Gasteiger partial charge in [0.25, 0.3) is 5.91 Å². The van der Waals surface area contributed by atoms with E-state index in [1.165, 1.54) is 12.8 Å². The minimum absolute atomic E-state index is 0.0722. The average Bonchev–Trinajstić information content (AvgIpc) is 2.69. The molecule has 0 spiro atoms. The lowest BCUT2D eigenvalue weighted by Gasteiger charge is -2.46. The molecular weight excluding hydrogens is 336 g/mol. The van der Waals surface area contributed by atoms with Crippen LogP contribution in [0.2, 0.25) is 0 Å². The lowest BCUT2D eigenvalue weighted by molar-refractivity contribution is 0.0535. The van der Waals surface area contributed by atoms with Crippen molar-refractivity contribution in [1.29, 1.82) is 0 Å². The fourth-order valence-corrected chi connectivity index (χ4v) is 3.66. The molecule has 144 valence electrons. The first-order valence-corrected chi connectivity index (χ1v) is 10.0. The summed E-state index contributed by atoms with van der Waals surface area (Å²) in [4.78, 5) is 15.1. The number of ether oxygens (including phenoxy) is 1. The van der Waals surface area contributed by atoms with Gasteiger partial charge in [-0.3, -0.25) is 4.79 Å². The van der Waals surface area contributed by atoms with Gasteiger partial charge < -0.3 is 15.0 Å². The number of hydrogen-bond acceptors (Lipinski definition) is 3. The zero-order valence-electron chi connectivity index (χ0n) is 16.6. The van der Waals surface area contributed by atoms with Gasteiger partial charge in [-0.1, -0.05) is 51.0 Å². The molecule has 0 bridgehead atoms. The molecular formula is C23H30N2O2. The second-order valence-electron chi connectivity index (χ2n) is 7.28. The molecule has 2 aromatic carbocycles. The van der Waals surface area contributed by atoms with Gasteiger partial charge >= 0.3 is 0 Å². The smallest absolute Gasteiger partial charge is 0.258 e. The third kappa shape index (κ3) is 3.95. The molecule has 27 heavy (non-hydrogen) atoms. The quantitative estimate of drug-likeness (QED) is 0.636. The van der Waals surface area contributed by atoms with Gasteiger partial charge in [0.05, 0.1) is 12.2 Å². The highest BCUT2D eigenvalue weighted by atomic mass is 16.5. The first-order chi connectivity index (χ1) is 13.1. The molecule has 1 atom stereocenters. The van der Waals surface area contributed by atoms with Crippen molar-refractivity contribution in [3.8, 4) is 5.75 Å². The zero-order chi connectivity index (χ0) is 19.3. The van der Waals surface area contributed by atoms with Crippen LogP contribution in [0.5, 0.6) is 5.75 Å². The van der Waals surface area contributed by atoms with Gasteiger partial charge in [-0.05, 0) is 44.0 Å². The molecule has 0 saturated carbocycles. The summed E-state index contributed by atoms with van der Waals surface area (Å²) in [5.41, 5.74) is 2.04. The van der Waals surface area contributed by atoms with Crippen LogP contribution in [0.4, 0.5) is 5.69 Å². The minimum atomic E-state index is -0.607. The van der Waals surface area contributed by atoms with Crippen LogP contribution >= 0.6 is 0 Å². The number of nitrogens with zero attached hydrogens (tertiary/aromatic N) is 1. The van der Waals surface area contributed by atoms with Gasteiger partial charge in [0.2, 0.25) is 0 Å². The van der Waals surface area contributed by atoms with Crippen molar-refractivity contribution in [3.63, 3.8) is 0 Å². The van der Waals surface area contributed by atoms with Crippen molar-refractivity contribution in [3.05, 3.63) is 59.7 Å². The molecule has 1 aliphatic heterocycles. The Labute approximate surface area is 162 Å². The molecule has 4 nitrogen and oxygen atoms in total. The third-order valence-electron chi connectivity index (χ3n) is 5.18. The Kier molecular flexibility index (Phi) is 6.04. The highest BCUT2D eigenvalue weighted by molar-refractivity contribution is 6.02. The van der Waals surface area contributed by atoms with E-state index in [4.69, 9.17) is 4.74 Å². The number of carbonyl (C=O) groups is 1. The van der Waals surface area contributed by atoms with E-state index >= 15 is 0 Å². The summed E-state index contributed by atoms with van der Waals surface area (Å²) >= 11 is 0. The van der Waals surface area contributed by atoms with E-state index in [0.717, 1.165) is 42.0 Å². The number of amides is 1. The van der Waals surface area contributed by atoms with Crippen molar-refractivity contribution < 1.29 is 9.53 Å². The molecule has 0 aliphatic carbocycles. The molecule has 0 radical (unpaired) electrons. The lowest BCUT2D eigenvalue weighted by Crippen LogP contribution is -2.56. The van der Waals surface area contributed by atoms with Crippen LogP contribution in [0.1, 0.15) is 62.4 Å². The predicted octanol–water partition coefficient (Wildman–Crippen LogP) is 5.41. The Bertz CT molecular complexity index is 789. The number of benzene rings is 2. The fraction of sp³-hybridized carbons (Fsp3) is 0.435. The normalized spacial score (nSPS) is 18.8. The van der Waals surface area contributed by atoms with Crippen molar-refractivity contribution in [2.45, 2.75) is 52.1 Å². The molecule has 4 heteroatoms. The molecule has 0 saturated heterocycles. The van der Waals surface area contributed by atoms with Crippen molar-refractivity contribution in [2.24, 2.45) is 0 Å². The molecule has 0 fully saturated rings. The summed E-state index contributed by atoms with van der Waals surface area (Å²) in [6.07, 6.45) is 4.32. The van der Waals surface area contributed by atoms with Crippen LogP contribution in [0, 0.1) is 0 Å². The number of unbranched alkanes of at least 4 members (excludes halogenated alkanes) is 2. The van der Waals surface area contributed by atoms with Crippen LogP contribution in [-0.2, 0) is 5.66 Å². The number of nitrogens with one attached hydrogen (secondary N) is 1. The highest BCUT2D eigenvalue weighted by Gasteiger charge is 2.42. The van der Waals surface area contributed by atoms with Crippen molar-refractivity contribution in [2.75, 3.05) is 18.5 Å². The summed E-state index contributed by atoms with van der Waals surface area (Å²) in [6.45, 7) is 7.78. The van der Waals surface area contributed by atoms with Gasteiger partial charge in [-0.15, -0.1) is 0 Å². The molecule has 3 rings (SSSR count). The Morgan fingerprint density at radius 2 is 1.85 bits per heavy atom. The van der Waals surface area contributed by atoms with E-state index < -0.39 is 5.66 Å². The largest absolute Gasteiger partial charge is 0.494 e. The van der Waals surface area contributed by atoms with Crippen LogP contribution < -0.4 is 10.1 Å². The van der Waals surface area contributed by atoms with E-state index in [0.29, 0.717) is 6.54 Å². The molecule has 0 aromatic heterocycles. The van der Waals surface area contributed by atoms with Gasteiger partial charge in [-0.2, -0.15) is 0 Å². The van der Waals surface area contributed by atoms with E-state index in [1.54, 1.807) is 0 Å². The summed E-state index contributed by atoms with van der Waals surface area (Å²) in [5.74, 6) is 0.928. The van der Waals surface area contributed by atoms with E-state index in [1.807, 2.05) is 41.3 Å². The average molecular weight is 367 g/mol. The van der Waals surface area contributed by atoms with E-state index in [9.17, 15) is 4.79 Å². The summed E-state index contributed by atoms with van der Waals surface area (Å²) < 4.78 is 5.94. The Morgan fingerprint density at radius 3 is 2.63 bits per heavy atom. The summed E-state index contributed by atoms with van der Waals surface area (Å²) in [6, 6.07) is 15.9. The van der Waals surface area contributed by atoms with Crippen LogP contribution in [0.25, 0.3) is 0 Å². The van der Waals surface area contributed by atoms with Gasteiger partial charge in [-0.25, -0.2) is 0 Å². The Balaban J connectivity index is 1.92. The molecule has 2 aromatic rings. The fourth-order valence-electron chi connectivity index (χ4n) is 3.66. The van der Waals surface area contributed by atoms with Crippen molar-refractivity contribution in [1.82, 2.24) is 4.90 Å². The van der Waals surface area contributed by atoms with E-state index in [2.05, 4.69) is 38.2 Å². The van der Waals surface area contributed by atoms with Crippen LogP contribution in [-0.4, -0.2) is 24.0 Å². The molecule has 1 amide bonds. The van der Waals surface area contributed by atoms with Gasteiger partial charge in [0.1, 0.15) is 11.4 Å². The van der Waals surface area contributed by atoms with Crippen molar-refractivity contribution >= 4 is 11.6 Å². The number of para-hydroxylation sites is 1. The third-order valence-corrected chi connectivity index (χ3v) is 5.18. The Hall–Kier alpha value is -2.49. The minimum Gasteiger partial charge on any atom is -0.494 e. The Morgan fingerprint density at radius 1 is 1.04 bits per heavy atom. The number of fused-ring (bicyclic) bond motifs is 1. The van der Waals surface area contributed by atoms with Gasteiger partial charge in [0.15, 0.2) is 0 Å². The predicted molar refractivity (Wildman–Crippen MR) is 110 cm³/mol. The molecule has 1 unspecified atom stereocenters. The molecule has 1 N–H and O–H groups in total. The highest BCUT2D eigenvalue weighted by Crippen LogP contribution is 2.38. The SMILES string of the molecule is CCCCCOc1cccc(C2(C)Nc3ccccc3C(=O)N2CCC)c1. The van der Waals surface area contributed by atoms with E-state index in [-0.39, 0.29) is 5.91 Å². The summed E-state index contributed by atoms with van der Waals surface area (Å²) in [5, 5.41) is 3.61. The number of anilines is 1. The second-order valence-corrected chi connectivity index (χ2v) is 7.28. The lowest BCUT2D eigenvalue weighted by atomic mass is 9.93. The van der Waals surface area contributed by atoms with Crippen LogP contribution in [0.3, 0.4) is 0 Å². The van der Waals surface area contributed by atoms with Crippen LogP contribution in [0.15, 0.2) is 48.5 Å².